The lowest BCUT2D eigenvalue weighted by Crippen LogP contribution is -2.42. The number of carbonyl (C=O) groups excluding carboxylic acids is 2. The molecule has 1 aromatic carbocycles. The molecule has 144 valence electrons. The predicted octanol–water partition coefficient (Wildman–Crippen LogP) is 1.90. The molecule has 0 spiro atoms. The number of hydrogen-bond donors (Lipinski definition) is 2. The Morgan fingerprint density at radius 3 is 2.88 bits per heavy atom. The number of piperidine rings is 1. The van der Waals surface area contributed by atoms with E-state index in [4.69, 9.17) is 5.11 Å². The summed E-state index contributed by atoms with van der Waals surface area (Å²) in [6, 6.07) is 7.52. The second-order valence-corrected chi connectivity index (χ2v) is 7.79. The van der Waals surface area contributed by atoms with E-state index in [-0.39, 0.29) is 18.4 Å². The molecule has 1 unspecified atom stereocenters. The summed E-state index contributed by atoms with van der Waals surface area (Å²) >= 11 is 1.45. The summed E-state index contributed by atoms with van der Waals surface area (Å²) in [5.74, 6) is 0.777. The van der Waals surface area contributed by atoms with Crippen LogP contribution in [0.25, 0.3) is 0 Å². The van der Waals surface area contributed by atoms with Gasteiger partial charge in [-0.1, -0.05) is 12.1 Å². The number of nitrogens with zero attached hydrogens (tertiary/aromatic N) is 2. The molecule has 0 radical (unpaired) electrons. The minimum atomic E-state index is -0.119. The number of aliphatic hydroxyl groups excluding tert-OH is 1. The zero-order valence-corrected chi connectivity index (χ0v) is 16.4. The molecule has 0 aliphatic carbocycles. The van der Waals surface area contributed by atoms with Crippen LogP contribution >= 0.6 is 11.8 Å². The molecule has 1 heterocycles. The molecule has 1 saturated heterocycles. The quantitative estimate of drug-likeness (QED) is 0.675. The first-order valence-electron chi connectivity index (χ1n) is 9.06. The van der Waals surface area contributed by atoms with Gasteiger partial charge in [-0.05, 0) is 37.4 Å². The molecule has 0 aromatic heterocycles. The van der Waals surface area contributed by atoms with Crippen molar-refractivity contribution in [3.8, 4) is 0 Å². The Bertz CT molecular complexity index is 609. The Kier molecular flexibility index (Phi) is 8.41. The number of thioether (sulfide) groups is 1. The van der Waals surface area contributed by atoms with Gasteiger partial charge in [-0.2, -0.15) is 0 Å². The predicted molar refractivity (Wildman–Crippen MR) is 105 cm³/mol. The van der Waals surface area contributed by atoms with Gasteiger partial charge in [0.25, 0.3) is 0 Å². The van der Waals surface area contributed by atoms with Crippen molar-refractivity contribution in [2.24, 2.45) is 5.92 Å². The molecule has 0 bridgehead atoms. The molecular formula is C19H29N3O3S. The van der Waals surface area contributed by atoms with E-state index in [1.807, 2.05) is 31.3 Å². The number of aliphatic hydroxyl groups is 1. The van der Waals surface area contributed by atoms with E-state index in [1.54, 1.807) is 4.90 Å². The Labute approximate surface area is 159 Å². The topological polar surface area (TPSA) is 72.9 Å². The summed E-state index contributed by atoms with van der Waals surface area (Å²) in [7, 11) is 1.85. The highest BCUT2D eigenvalue weighted by atomic mass is 32.2. The molecule has 0 saturated carbocycles. The maximum atomic E-state index is 12.5. The van der Waals surface area contributed by atoms with Crippen LogP contribution in [0.2, 0.25) is 0 Å². The van der Waals surface area contributed by atoms with Gasteiger partial charge in [0.2, 0.25) is 11.8 Å². The lowest BCUT2D eigenvalue weighted by Gasteiger charge is -2.34. The van der Waals surface area contributed by atoms with Crippen LogP contribution in [0, 0.1) is 5.92 Å². The molecule has 1 atom stereocenters. The third-order valence-corrected chi connectivity index (χ3v) is 5.58. The van der Waals surface area contributed by atoms with E-state index >= 15 is 0 Å². The number of rotatable bonds is 8. The van der Waals surface area contributed by atoms with Crippen LogP contribution in [0.3, 0.4) is 0 Å². The molecule has 2 rings (SSSR count). The number of benzene rings is 1. The molecule has 26 heavy (non-hydrogen) atoms. The van der Waals surface area contributed by atoms with E-state index in [2.05, 4.69) is 10.2 Å². The van der Waals surface area contributed by atoms with Gasteiger partial charge in [0.1, 0.15) is 0 Å². The van der Waals surface area contributed by atoms with Crippen molar-refractivity contribution >= 4 is 29.3 Å². The van der Waals surface area contributed by atoms with Crippen LogP contribution in [0.1, 0.15) is 19.8 Å². The fourth-order valence-corrected chi connectivity index (χ4v) is 4.22. The molecule has 1 aliphatic rings. The van der Waals surface area contributed by atoms with Crippen LogP contribution in [-0.4, -0.2) is 72.3 Å². The standard InChI is InChI=1S/C19H29N3O3S/c1-15(24)20-17-7-3-4-8-18(17)26-14-19(25)21(2)12-16-6-5-9-22(13-16)10-11-23/h3-4,7-8,16,23H,5-6,9-14H2,1-2H3,(H,20,24). The third kappa shape index (κ3) is 6.63. The van der Waals surface area contributed by atoms with Gasteiger partial charge in [0, 0.05) is 38.5 Å². The first kappa shape index (κ1) is 20.7. The Hall–Kier alpha value is -1.57. The van der Waals surface area contributed by atoms with E-state index < -0.39 is 0 Å². The summed E-state index contributed by atoms with van der Waals surface area (Å²) in [6.45, 7) is 5.09. The van der Waals surface area contributed by atoms with Gasteiger partial charge >= 0.3 is 0 Å². The Balaban J connectivity index is 1.83. The number of β-amino-alcohol motifs (C(OH)–C–C–N with tert-alkyl or cyclic N) is 1. The second kappa shape index (κ2) is 10.5. The highest BCUT2D eigenvalue weighted by molar-refractivity contribution is 8.00. The monoisotopic (exact) mass is 379 g/mol. The van der Waals surface area contributed by atoms with Crippen molar-refractivity contribution in [2.45, 2.75) is 24.7 Å². The highest BCUT2D eigenvalue weighted by Gasteiger charge is 2.22. The molecule has 1 aliphatic heterocycles. The molecule has 2 N–H and O–H groups in total. The molecule has 2 amide bonds. The number of likely N-dealkylation sites (tertiary alicyclic amines) is 1. The van der Waals surface area contributed by atoms with E-state index in [0.29, 0.717) is 18.2 Å². The summed E-state index contributed by atoms with van der Waals surface area (Å²) in [4.78, 5) is 28.8. The van der Waals surface area contributed by atoms with E-state index in [9.17, 15) is 9.59 Å². The fraction of sp³-hybridized carbons (Fsp3) is 0.579. The Morgan fingerprint density at radius 1 is 1.38 bits per heavy atom. The molecule has 7 heteroatoms. The molecular weight excluding hydrogens is 350 g/mol. The minimum Gasteiger partial charge on any atom is -0.395 e. The van der Waals surface area contributed by atoms with Gasteiger partial charge < -0.3 is 20.2 Å². The summed E-state index contributed by atoms with van der Waals surface area (Å²) in [5.41, 5.74) is 0.743. The number of hydrogen-bond acceptors (Lipinski definition) is 5. The lowest BCUT2D eigenvalue weighted by molar-refractivity contribution is -0.127. The largest absolute Gasteiger partial charge is 0.395 e. The number of para-hydroxylation sites is 1. The van der Waals surface area contributed by atoms with Gasteiger partial charge in [-0.15, -0.1) is 11.8 Å². The summed E-state index contributed by atoms with van der Waals surface area (Å²) in [5, 5.41) is 11.9. The number of carbonyl (C=O) groups is 2. The molecule has 1 aromatic rings. The molecule has 1 fully saturated rings. The van der Waals surface area contributed by atoms with Crippen LogP contribution in [0.5, 0.6) is 0 Å². The summed E-state index contributed by atoms with van der Waals surface area (Å²) in [6.07, 6.45) is 2.24. The van der Waals surface area contributed by atoms with Crippen molar-refractivity contribution < 1.29 is 14.7 Å². The highest BCUT2D eigenvalue weighted by Crippen LogP contribution is 2.27. The van der Waals surface area contributed by atoms with Crippen molar-refractivity contribution in [3.05, 3.63) is 24.3 Å². The smallest absolute Gasteiger partial charge is 0.232 e. The fourth-order valence-electron chi connectivity index (χ4n) is 3.27. The van der Waals surface area contributed by atoms with Crippen molar-refractivity contribution in [2.75, 3.05) is 50.9 Å². The zero-order chi connectivity index (χ0) is 18.9. The Morgan fingerprint density at radius 2 is 2.15 bits per heavy atom. The first-order chi connectivity index (χ1) is 12.5. The van der Waals surface area contributed by atoms with Crippen molar-refractivity contribution in [1.29, 1.82) is 0 Å². The second-order valence-electron chi connectivity index (χ2n) is 6.77. The van der Waals surface area contributed by atoms with Gasteiger partial charge in [-0.3, -0.25) is 9.59 Å². The third-order valence-electron chi connectivity index (χ3n) is 4.53. The van der Waals surface area contributed by atoms with Crippen LogP contribution in [0.15, 0.2) is 29.2 Å². The maximum absolute atomic E-state index is 12.5. The van der Waals surface area contributed by atoms with Crippen molar-refractivity contribution in [3.63, 3.8) is 0 Å². The van der Waals surface area contributed by atoms with Gasteiger partial charge in [0.05, 0.1) is 18.0 Å². The van der Waals surface area contributed by atoms with Gasteiger partial charge in [0.15, 0.2) is 0 Å². The zero-order valence-electron chi connectivity index (χ0n) is 15.6. The van der Waals surface area contributed by atoms with Crippen molar-refractivity contribution in [1.82, 2.24) is 9.80 Å². The first-order valence-corrected chi connectivity index (χ1v) is 10.0. The van der Waals surface area contributed by atoms with Crippen LogP contribution in [-0.2, 0) is 9.59 Å². The minimum absolute atomic E-state index is 0.0897. The molecule has 6 nitrogen and oxygen atoms in total. The number of anilines is 1. The maximum Gasteiger partial charge on any atom is 0.232 e. The average molecular weight is 380 g/mol. The normalized spacial score (nSPS) is 17.7. The SMILES string of the molecule is CC(=O)Nc1ccccc1SCC(=O)N(C)CC1CCCN(CCO)C1. The van der Waals surface area contributed by atoms with Gasteiger partial charge in [-0.25, -0.2) is 0 Å². The summed E-state index contributed by atoms with van der Waals surface area (Å²) < 4.78 is 0. The van der Waals surface area contributed by atoms with E-state index in [1.165, 1.54) is 18.7 Å². The number of nitrogens with one attached hydrogen (secondary N) is 1. The van der Waals surface area contributed by atoms with Crippen LogP contribution < -0.4 is 5.32 Å². The van der Waals surface area contributed by atoms with E-state index in [0.717, 1.165) is 43.1 Å². The number of amides is 2. The van der Waals surface area contributed by atoms with Crippen LogP contribution in [0.4, 0.5) is 5.69 Å². The lowest BCUT2D eigenvalue weighted by atomic mass is 9.97. The average Bonchev–Trinajstić information content (AvgIpc) is 2.61.